The van der Waals surface area contributed by atoms with Crippen LogP contribution in [0.15, 0.2) is 0 Å². The van der Waals surface area contributed by atoms with Crippen molar-refractivity contribution in [3.8, 4) is 0 Å². The third-order valence-electron chi connectivity index (χ3n) is 0.820. The molecule has 0 aliphatic rings. The van der Waals surface area contributed by atoms with E-state index >= 15 is 0 Å². The first-order valence-electron chi connectivity index (χ1n) is 2.41. The molecule has 0 heterocycles. The Hall–Kier alpha value is 0.374. The van der Waals surface area contributed by atoms with Crippen molar-refractivity contribution < 1.29 is 42.6 Å². The third-order valence-corrected chi connectivity index (χ3v) is 0.820. The molecular formula is C5H10NO2Y-. The second-order valence-corrected chi connectivity index (χ2v) is 1.56. The zero-order chi connectivity index (χ0) is 6.57. The van der Waals surface area contributed by atoms with Crippen LogP contribution in [0.5, 0.6) is 0 Å². The van der Waals surface area contributed by atoms with Gasteiger partial charge in [-0.15, -0.1) is 0 Å². The molecule has 0 bridgehead atoms. The van der Waals surface area contributed by atoms with Gasteiger partial charge in [-0.3, -0.25) is 0 Å². The summed E-state index contributed by atoms with van der Waals surface area (Å²) in [7, 11) is 1.52. The molecule has 0 aliphatic carbocycles. The van der Waals surface area contributed by atoms with Gasteiger partial charge in [-0.25, -0.2) is 4.79 Å². The fourth-order valence-electron chi connectivity index (χ4n) is 0.333. The maximum absolute atomic E-state index is 9.99. The van der Waals surface area contributed by atoms with Crippen LogP contribution in [0.25, 0.3) is 0 Å². The zero-order valence-electron chi connectivity index (χ0n) is 5.50. The Morgan fingerprint density at radius 3 is 2.33 bits per heavy atom. The first kappa shape index (κ1) is 12.1. The molecule has 0 aromatic carbocycles. The molecule has 0 atom stereocenters. The normalized spacial score (nSPS) is 7.78. The first-order chi connectivity index (χ1) is 3.68. The first-order valence-corrected chi connectivity index (χ1v) is 2.41. The summed E-state index contributed by atoms with van der Waals surface area (Å²) >= 11 is 0. The monoisotopic (exact) mass is 205 g/mol. The minimum absolute atomic E-state index is 0. The number of carboxylic acid groups (broad SMARTS) is 1. The molecule has 0 saturated heterocycles. The quantitative estimate of drug-likeness (QED) is 0.678. The van der Waals surface area contributed by atoms with Gasteiger partial charge in [0.2, 0.25) is 0 Å². The molecule has 0 rings (SSSR count). The number of hydrogen-bond donors (Lipinski definition) is 1. The minimum atomic E-state index is -0.895. The van der Waals surface area contributed by atoms with Gasteiger partial charge in [0.05, 0.1) is 0 Å². The van der Waals surface area contributed by atoms with Crippen LogP contribution in [0.1, 0.15) is 6.42 Å². The predicted octanol–water partition coefficient (Wildman–Crippen LogP) is 0.818. The van der Waals surface area contributed by atoms with Crippen molar-refractivity contribution in [2.24, 2.45) is 0 Å². The molecule has 0 aromatic heterocycles. The van der Waals surface area contributed by atoms with E-state index in [0.717, 1.165) is 0 Å². The molecule has 51 valence electrons. The standard InChI is InChI=1S/C5H10NO2.Y/c1-3-4-6(2)5(7)8;/h1,3-4H2,2H3,(H,7,8);/q-1;. The molecule has 0 aromatic rings. The Bertz CT molecular complexity index is 87.0. The molecule has 1 amide bonds. The van der Waals surface area contributed by atoms with E-state index in [1.807, 2.05) is 0 Å². The summed E-state index contributed by atoms with van der Waals surface area (Å²) in [5.74, 6) is 0. The molecule has 4 heteroatoms. The fraction of sp³-hybridized carbons (Fsp3) is 0.600. The summed E-state index contributed by atoms with van der Waals surface area (Å²) in [6, 6.07) is 0. The topological polar surface area (TPSA) is 40.5 Å². The molecule has 0 fully saturated rings. The number of carbonyl (C=O) groups is 1. The van der Waals surface area contributed by atoms with Crippen LogP contribution in [-0.4, -0.2) is 29.7 Å². The van der Waals surface area contributed by atoms with Gasteiger partial charge in [-0.1, -0.05) is 0 Å². The number of nitrogens with zero attached hydrogens (tertiary/aromatic N) is 1. The van der Waals surface area contributed by atoms with Gasteiger partial charge >= 0.3 is 6.09 Å². The molecule has 3 nitrogen and oxygen atoms in total. The second-order valence-electron chi connectivity index (χ2n) is 1.56. The van der Waals surface area contributed by atoms with Crippen molar-refractivity contribution in [3.05, 3.63) is 6.92 Å². The smallest absolute Gasteiger partial charge is 0.406 e. The number of hydrogen-bond acceptors (Lipinski definition) is 1. The summed E-state index contributed by atoms with van der Waals surface area (Å²) in [4.78, 5) is 11.2. The fourth-order valence-corrected chi connectivity index (χ4v) is 0.333. The van der Waals surface area contributed by atoms with Gasteiger partial charge in [0.15, 0.2) is 0 Å². The van der Waals surface area contributed by atoms with Crippen molar-refractivity contribution in [3.63, 3.8) is 0 Å². The summed E-state index contributed by atoms with van der Waals surface area (Å²) in [6.07, 6.45) is -0.267. The van der Waals surface area contributed by atoms with Crippen molar-refractivity contribution in [1.29, 1.82) is 0 Å². The molecule has 0 unspecified atom stereocenters. The van der Waals surface area contributed by atoms with Crippen molar-refractivity contribution >= 4 is 6.09 Å². The molecule has 1 radical (unpaired) electrons. The van der Waals surface area contributed by atoms with Gasteiger partial charge in [-0.05, 0) is 6.54 Å². The Morgan fingerprint density at radius 1 is 1.78 bits per heavy atom. The molecule has 0 saturated carbocycles. The molecule has 1 N–H and O–H groups in total. The van der Waals surface area contributed by atoms with E-state index in [0.29, 0.717) is 13.0 Å². The average molecular weight is 205 g/mol. The molecule has 0 aliphatic heterocycles. The van der Waals surface area contributed by atoms with Crippen LogP contribution < -0.4 is 0 Å². The number of rotatable bonds is 2. The van der Waals surface area contributed by atoms with Crippen LogP contribution in [0.4, 0.5) is 4.79 Å². The van der Waals surface area contributed by atoms with Crippen LogP contribution >= 0.6 is 0 Å². The van der Waals surface area contributed by atoms with E-state index in [1.165, 1.54) is 11.9 Å². The van der Waals surface area contributed by atoms with E-state index in [1.54, 1.807) is 0 Å². The zero-order valence-corrected chi connectivity index (χ0v) is 8.34. The third kappa shape index (κ3) is 6.26. The SMILES string of the molecule is [CH2-]CCN(C)C(=O)O.[Y]. The van der Waals surface area contributed by atoms with Gasteiger partial charge in [0.25, 0.3) is 0 Å². The van der Waals surface area contributed by atoms with Gasteiger partial charge in [0, 0.05) is 39.8 Å². The Labute approximate surface area is 80.3 Å². The van der Waals surface area contributed by atoms with Crippen molar-refractivity contribution in [2.45, 2.75) is 6.42 Å². The van der Waals surface area contributed by atoms with E-state index < -0.39 is 6.09 Å². The van der Waals surface area contributed by atoms with Gasteiger partial charge in [-0.2, -0.15) is 6.42 Å². The summed E-state index contributed by atoms with van der Waals surface area (Å²) in [5.41, 5.74) is 0. The van der Waals surface area contributed by atoms with Crippen molar-refractivity contribution in [2.75, 3.05) is 13.6 Å². The largest absolute Gasteiger partial charge is 0.465 e. The summed E-state index contributed by atoms with van der Waals surface area (Å²) in [6.45, 7) is 4.01. The minimum Gasteiger partial charge on any atom is -0.465 e. The van der Waals surface area contributed by atoms with Crippen LogP contribution in [0.3, 0.4) is 0 Å². The van der Waals surface area contributed by atoms with E-state index in [9.17, 15) is 4.79 Å². The maximum Gasteiger partial charge on any atom is 0.406 e. The Kier molecular flexibility index (Phi) is 8.72. The van der Waals surface area contributed by atoms with Gasteiger partial charge < -0.3 is 16.9 Å². The van der Waals surface area contributed by atoms with Crippen LogP contribution in [0, 0.1) is 6.92 Å². The second kappa shape index (κ2) is 6.49. The summed E-state index contributed by atoms with van der Waals surface area (Å²) < 4.78 is 0. The Morgan fingerprint density at radius 2 is 2.22 bits per heavy atom. The summed E-state index contributed by atoms with van der Waals surface area (Å²) in [5, 5.41) is 8.21. The van der Waals surface area contributed by atoms with Crippen molar-refractivity contribution in [1.82, 2.24) is 4.90 Å². The Balaban J connectivity index is 0. The van der Waals surface area contributed by atoms with E-state index in [4.69, 9.17) is 5.11 Å². The molecule has 0 spiro atoms. The van der Waals surface area contributed by atoms with Gasteiger partial charge in [0.1, 0.15) is 0 Å². The van der Waals surface area contributed by atoms with E-state index in [2.05, 4.69) is 6.92 Å². The van der Waals surface area contributed by atoms with E-state index in [-0.39, 0.29) is 32.7 Å². The molecule has 9 heavy (non-hydrogen) atoms. The van der Waals surface area contributed by atoms with Crippen LogP contribution in [-0.2, 0) is 32.7 Å². The number of amides is 1. The maximum atomic E-state index is 9.99. The predicted molar refractivity (Wildman–Crippen MR) is 30.6 cm³/mol. The van der Waals surface area contributed by atoms with Crippen LogP contribution in [0.2, 0.25) is 0 Å². The molecular weight excluding hydrogens is 195 g/mol. The average Bonchev–Trinajstić information content (AvgIpc) is 1.67.